The normalized spacial score (nSPS) is 20.7. The summed E-state index contributed by atoms with van der Waals surface area (Å²) >= 11 is 0. The van der Waals surface area contributed by atoms with E-state index < -0.39 is 23.8 Å². The first-order chi connectivity index (χ1) is 18.7. The maximum absolute atomic E-state index is 13.8. The summed E-state index contributed by atoms with van der Waals surface area (Å²) in [5.74, 6) is 0.607. The zero-order valence-corrected chi connectivity index (χ0v) is 23.8. The van der Waals surface area contributed by atoms with Crippen molar-refractivity contribution in [2.75, 3.05) is 32.7 Å². The van der Waals surface area contributed by atoms with Gasteiger partial charge in [0.15, 0.2) is 0 Å². The number of aliphatic hydroxyl groups is 1. The Morgan fingerprint density at radius 3 is 2.21 bits per heavy atom. The molecule has 0 bridgehead atoms. The third-order valence-electron chi connectivity index (χ3n) is 7.70. The highest BCUT2D eigenvalue weighted by atomic mass is 16.6. The number of likely N-dealkylation sites (tertiary alicyclic amines) is 2. The van der Waals surface area contributed by atoms with Crippen LogP contribution in [0.25, 0.3) is 0 Å². The van der Waals surface area contributed by atoms with Crippen molar-refractivity contribution in [3.63, 3.8) is 0 Å². The second-order valence-electron chi connectivity index (χ2n) is 12.1. The van der Waals surface area contributed by atoms with Gasteiger partial charge in [-0.3, -0.25) is 9.69 Å². The molecule has 0 radical (unpaired) electrons. The van der Waals surface area contributed by atoms with Crippen LogP contribution in [0.1, 0.15) is 57.6 Å². The van der Waals surface area contributed by atoms with E-state index in [2.05, 4.69) is 35.2 Å². The molecule has 2 aliphatic rings. The third-order valence-corrected chi connectivity index (χ3v) is 7.70. The van der Waals surface area contributed by atoms with Crippen molar-refractivity contribution < 1.29 is 19.4 Å². The van der Waals surface area contributed by atoms with Crippen molar-refractivity contribution in [2.45, 2.75) is 77.2 Å². The van der Waals surface area contributed by atoms with Crippen molar-refractivity contribution in [3.05, 3.63) is 71.8 Å². The minimum absolute atomic E-state index is 0.114. The number of rotatable bonds is 9. The lowest BCUT2D eigenvalue weighted by Gasteiger charge is -2.34. The van der Waals surface area contributed by atoms with Crippen molar-refractivity contribution in [2.24, 2.45) is 5.92 Å². The lowest BCUT2D eigenvalue weighted by Crippen LogP contribution is -2.49. The third kappa shape index (κ3) is 8.80. The number of piperidine rings is 1. The van der Waals surface area contributed by atoms with E-state index in [1.807, 2.05) is 35.2 Å². The van der Waals surface area contributed by atoms with Gasteiger partial charge in [0.25, 0.3) is 0 Å². The van der Waals surface area contributed by atoms with E-state index in [4.69, 9.17) is 4.74 Å². The summed E-state index contributed by atoms with van der Waals surface area (Å²) in [6.45, 7) is 9.74. The van der Waals surface area contributed by atoms with Gasteiger partial charge in [-0.05, 0) is 83.1 Å². The number of hydrogen-bond donors (Lipinski definition) is 1. The molecule has 2 amide bonds. The molecule has 2 atom stereocenters. The van der Waals surface area contributed by atoms with Crippen LogP contribution in [-0.2, 0) is 22.5 Å². The Morgan fingerprint density at radius 1 is 0.974 bits per heavy atom. The van der Waals surface area contributed by atoms with Crippen LogP contribution >= 0.6 is 0 Å². The number of β-amino-alcohol motifs (C(OH)–C–C–N with tert-alkyl or cyclic N) is 1. The van der Waals surface area contributed by atoms with Crippen LogP contribution in [0.4, 0.5) is 4.79 Å². The molecular formula is C32H45N3O4. The Hall–Kier alpha value is -2.90. The van der Waals surface area contributed by atoms with E-state index in [1.54, 1.807) is 20.8 Å². The molecule has 0 spiro atoms. The van der Waals surface area contributed by atoms with Crippen LogP contribution < -0.4 is 0 Å². The molecule has 2 aromatic rings. The monoisotopic (exact) mass is 535 g/mol. The number of amides is 2. The van der Waals surface area contributed by atoms with Gasteiger partial charge in [0, 0.05) is 19.5 Å². The summed E-state index contributed by atoms with van der Waals surface area (Å²) in [5.41, 5.74) is 1.80. The van der Waals surface area contributed by atoms with E-state index in [9.17, 15) is 14.7 Å². The van der Waals surface area contributed by atoms with Gasteiger partial charge in [0.05, 0.1) is 12.6 Å². The minimum Gasteiger partial charge on any atom is -0.444 e. The zero-order valence-electron chi connectivity index (χ0n) is 23.8. The molecule has 0 aromatic heterocycles. The number of aliphatic hydroxyl groups excluding tert-OH is 1. The number of carbonyl (C=O) groups is 2. The number of nitrogens with zero attached hydrogens (tertiary/aromatic N) is 3. The minimum atomic E-state index is -0.734. The smallest absolute Gasteiger partial charge is 0.411 e. The first-order valence-corrected chi connectivity index (χ1v) is 14.4. The Morgan fingerprint density at radius 2 is 1.59 bits per heavy atom. The molecule has 0 aliphatic carbocycles. The lowest BCUT2D eigenvalue weighted by atomic mass is 9.90. The van der Waals surface area contributed by atoms with Crippen molar-refractivity contribution >= 4 is 12.0 Å². The second kappa shape index (κ2) is 13.4. The summed E-state index contributed by atoms with van der Waals surface area (Å²) in [7, 11) is 0. The fourth-order valence-electron chi connectivity index (χ4n) is 5.70. The van der Waals surface area contributed by atoms with Crippen LogP contribution in [0.15, 0.2) is 60.7 Å². The topological polar surface area (TPSA) is 73.3 Å². The maximum Gasteiger partial charge on any atom is 0.411 e. The van der Waals surface area contributed by atoms with E-state index in [0.29, 0.717) is 13.1 Å². The van der Waals surface area contributed by atoms with Crippen LogP contribution in [0.3, 0.4) is 0 Å². The number of hydrogen-bond acceptors (Lipinski definition) is 5. The van der Waals surface area contributed by atoms with E-state index in [0.717, 1.165) is 44.0 Å². The van der Waals surface area contributed by atoms with E-state index >= 15 is 0 Å². The SMILES string of the molecule is CC(C)(C)OC(=O)N1C[C@H](O)C[C@H]1C(=O)N(CCCN1CCC(Cc2ccccc2)CC1)Cc1ccccc1. The Labute approximate surface area is 233 Å². The fourth-order valence-corrected chi connectivity index (χ4v) is 5.70. The standard InChI is InChI=1S/C32H45N3O4/c1-32(2,3)39-31(38)35-24-28(36)22-29(35)30(37)34(23-27-13-8-5-9-14-27)18-10-17-33-19-15-26(16-20-33)21-25-11-6-4-7-12-25/h4-9,11-14,26,28-29,36H,10,15-24H2,1-3H3/t28-,29+/m1/s1. The molecule has 212 valence electrons. The van der Waals surface area contributed by atoms with Crippen molar-refractivity contribution in [3.8, 4) is 0 Å². The van der Waals surface area contributed by atoms with Gasteiger partial charge in [0.1, 0.15) is 11.6 Å². The quantitative estimate of drug-likeness (QED) is 0.503. The summed E-state index contributed by atoms with van der Waals surface area (Å²) in [6, 6.07) is 20.0. The van der Waals surface area contributed by atoms with Gasteiger partial charge in [0.2, 0.25) is 5.91 Å². The van der Waals surface area contributed by atoms with E-state index in [-0.39, 0.29) is 18.9 Å². The number of ether oxygens (including phenoxy) is 1. The first-order valence-electron chi connectivity index (χ1n) is 14.4. The highest BCUT2D eigenvalue weighted by Crippen LogP contribution is 2.25. The molecule has 1 N–H and O–H groups in total. The predicted molar refractivity (Wildman–Crippen MR) is 153 cm³/mol. The molecule has 2 saturated heterocycles. The molecule has 2 heterocycles. The molecule has 2 fully saturated rings. The van der Waals surface area contributed by atoms with E-state index in [1.165, 1.54) is 23.3 Å². The summed E-state index contributed by atoms with van der Waals surface area (Å²) < 4.78 is 5.55. The van der Waals surface area contributed by atoms with Crippen LogP contribution in [-0.4, -0.2) is 82.3 Å². The predicted octanol–water partition coefficient (Wildman–Crippen LogP) is 4.73. The molecule has 0 saturated carbocycles. The Bertz CT molecular complexity index is 1050. The van der Waals surface area contributed by atoms with Crippen molar-refractivity contribution in [1.29, 1.82) is 0 Å². The summed E-state index contributed by atoms with van der Waals surface area (Å²) in [5, 5.41) is 10.4. The lowest BCUT2D eigenvalue weighted by molar-refractivity contribution is -0.136. The summed E-state index contributed by atoms with van der Waals surface area (Å²) in [4.78, 5) is 32.5. The van der Waals surface area contributed by atoms with Crippen molar-refractivity contribution in [1.82, 2.24) is 14.7 Å². The molecule has 4 rings (SSSR count). The zero-order chi connectivity index (χ0) is 27.8. The molecule has 39 heavy (non-hydrogen) atoms. The Kier molecular flexibility index (Phi) is 10.0. The Balaban J connectivity index is 1.34. The maximum atomic E-state index is 13.8. The largest absolute Gasteiger partial charge is 0.444 e. The molecular weight excluding hydrogens is 490 g/mol. The molecule has 2 aromatic carbocycles. The number of carbonyl (C=O) groups excluding carboxylic acids is 2. The average molecular weight is 536 g/mol. The summed E-state index contributed by atoms with van der Waals surface area (Å²) in [6.07, 6.45) is 3.37. The van der Waals surface area contributed by atoms with Gasteiger partial charge in [-0.15, -0.1) is 0 Å². The van der Waals surface area contributed by atoms with Gasteiger partial charge in [-0.1, -0.05) is 60.7 Å². The first kappa shape index (κ1) is 29.1. The van der Waals surface area contributed by atoms with Crippen LogP contribution in [0.2, 0.25) is 0 Å². The van der Waals surface area contributed by atoms with Crippen LogP contribution in [0.5, 0.6) is 0 Å². The number of benzene rings is 2. The molecule has 0 unspecified atom stereocenters. The fraction of sp³-hybridized carbons (Fsp3) is 0.562. The average Bonchev–Trinajstić information content (AvgIpc) is 3.31. The second-order valence-corrected chi connectivity index (χ2v) is 12.1. The van der Waals surface area contributed by atoms with Crippen LogP contribution in [0, 0.1) is 5.92 Å². The highest BCUT2D eigenvalue weighted by Gasteiger charge is 2.42. The molecule has 7 heteroatoms. The van der Waals surface area contributed by atoms with Gasteiger partial charge >= 0.3 is 6.09 Å². The van der Waals surface area contributed by atoms with Gasteiger partial charge < -0.3 is 19.6 Å². The molecule has 2 aliphatic heterocycles. The molecule has 7 nitrogen and oxygen atoms in total. The van der Waals surface area contributed by atoms with Gasteiger partial charge in [-0.2, -0.15) is 0 Å². The highest BCUT2D eigenvalue weighted by molar-refractivity contribution is 5.86. The van der Waals surface area contributed by atoms with Gasteiger partial charge in [-0.25, -0.2) is 4.79 Å².